The first-order valence-electron chi connectivity index (χ1n) is 3.00. The molecule has 0 bridgehead atoms. The van der Waals surface area contributed by atoms with Crippen LogP contribution in [0.15, 0.2) is 12.7 Å². The maximum absolute atomic E-state index is 3.77. The molecule has 0 saturated heterocycles. The van der Waals surface area contributed by atoms with Crippen molar-refractivity contribution in [2.75, 3.05) is 0 Å². The van der Waals surface area contributed by atoms with E-state index in [1.807, 2.05) is 0 Å². The monoisotopic (exact) mass is 178 g/mol. The molecule has 0 heterocycles. The van der Waals surface area contributed by atoms with E-state index < -0.39 is 0 Å². The van der Waals surface area contributed by atoms with E-state index in [4.69, 9.17) is 0 Å². The standard InChI is InChI=1S/C7H14Se/c1-4-6-7(5-2)8-3/h5,7H,2,4,6H2,1,3H3. The van der Waals surface area contributed by atoms with Crippen LogP contribution in [0.1, 0.15) is 19.8 Å². The Kier molecular flexibility index (Phi) is 5.57. The van der Waals surface area contributed by atoms with E-state index in [0.717, 1.165) is 19.8 Å². The van der Waals surface area contributed by atoms with E-state index in [1.165, 1.54) is 12.8 Å². The normalized spacial score (nSPS) is 13.2. The first-order chi connectivity index (χ1) is 3.85. The summed E-state index contributed by atoms with van der Waals surface area (Å²) in [5.41, 5.74) is 0. The molecule has 0 nitrogen and oxygen atoms in total. The molecule has 0 aliphatic heterocycles. The Hall–Kier alpha value is 0.259. The van der Waals surface area contributed by atoms with Gasteiger partial charge in [0, 0.05) is 0 Å². The molecule has 48 valence electrons. The molecule has 0 amide bonds. The number of hydrogen-bond acceptors (Lipinski definition) is 0. The SMILES string of the molecule is C=CC(CCC)[Se]C. The van der Waals surface area contributed by atoms with Gasteiger partial charge in [-0.15, -0.1) is 0 Å². The molecule has 1 atom stereocenters. The molecule has 0 spiro atoms. The molecular weight excluding hydrogens is 163 g/mol. The Bertz CT molecular complexity index is 59.4. The Labute approximate surface area is 58.5 Å². The third-order valence-electron chi connectivity index (χ3n) is 1.14. The molecule has 0 aliphatic rings. The molecule has 1 unspecified atom stereocenters. The van der Waals surface area contributed by atoms with Crippen LogP contribution in [0, 0.1) is 0 Å². The van der Waals surface area contributed by atoms with Crippen molar-refractivity contribution in [1.82, 2.24) is 0 Å². The molecule has 0 fully saturated rings. The van der Waals surface area contributed by atoms with Crippen LogP contribution in [-0.2, 0) is 0 Å². The summed E-state index contributed by atoms with van der Waals surface area (Å²) in [5.74, 6) is 2.27. The van der Waals surface area contributed by atoms with Gasteiger partial charge in [0.25, 0.3) is 0 Å². The van der Waals surface area contributed by atoms with E-state index in [1.54, 1.807) is 0 Å². The second-order valence-electron chi connectivity index (χ2n) is 1.80. The molecule has 0 rings (SSSR count). The van der Waals surface area contributed by atoms with Gasteiger partial charge in [0.1, 0.15) is 0 Å². The summed E-state index contributed by atoms with van der Waals surface area (Å²) in [5, 5.41) is 0. The average molecular weight is 177 g/mol. The van der Waals surface area contributed by atoms with Crippen LogP contribution in [-0.4, -0.2) is 15.0 Å². The Morgan fingerprint density at radius 3 is 2.50 bits per heavy atom. The van der Waals surface area contributed by atoms with Gasteiger partial charge >= 0.3 is 58.0 Å². The second kappa shape index (κ2) is 5.40. The molecule has 8 heavy (non-hydrogen) atoms. The van der Waals surface area contributed by atoms with Crippen molar-refractivity contribution >= 4 is 15.0 Å². The van der Waals surface area contributed by atoms with Crippen LogP contribution in [0.3, 0.4) is 0 Å². The molecule has 0 saturated carbocycles. The molecule has 0 aromatic rings. The van der Waals surface area contributed by atoms with Gasteiger partial charge in [0.15, 0.2) is 0 Å². The zero-order chi connectivity index (χ0) is 6.41. The van der Waals surface area contributed by atoms with E-state index in [-0.39, 0.29) is 0 Å². The van der Waals surface area contributed by atoms with Crippen molar-refractivity contribution < 1.29 is 0 Å². The summed E-state index contributed by atoms with van der Waals surface area (Å²) in [4.78, 5) is 0.826. The fourth-order valence-corrected chi connectivity index (χ4v) is 2.01. The third-order valence-corrected chi connectivity index (χ3v) is 3.31. The molecule has 1 heteroatoms. The van der Waals surface area contributed by atoms with E-state index in [9.17, 15) is 0 Å². The Balaban J connectivity index is 3.21. The number of allylic oxidation sites excluding steroid dienone is 1. The van der Waals surface area contributed by atoms with Crippen molar-refractivity contribution in [3.8, 4) is 0 Å². The van der Waals surface area contributed by atoms with Gasteiger partial charge in [-0.1, -0.05) is 0 Å². The van der Waals surface area contributed by atoms with Gasteiger partial charge in [-0.25, -0.2) is 0 Å². The van der Waals surface area contributed by atoms with Crippen LogP contribution in [0.2, 0.25) is 10.6 Å². The predicted octanol–water partition coefficient (Wildman–Crippen LogP) is 2.51. The zero-order valence-corrected chi connectivity index (χ0v) is 7.40. The van der Waals surface area contributed by atoms with Crippen LogP contribution >= 0.6 is 0 Å². The second-order valence-corrected chi connectivity index (χ2v) is 4.06. The van der Waals surface area contributed by atoms with Gasteiger partial charge in [0.2, 0.25) is 0 Å². The fourth-order valence-electron chi connectivity index (χ4n) is 0.616. The average Bonchev–Trinajstić information content (AvgIpc) is 1.83. The van der Waals surface area contributed by atoms with Crippen LogP contribution < -0.4 is 0 Å². The van der Waals surface area contributed by atoms with Crippen molar-refractivity contribution in [2.24, 2.45) is 0 Å². The van der Waals surface area contributed by atoms with Gasteiger partial charge in [0.05, 0.1) is 0 Å². The minimum atomic E-state index is 0.776. The van der Waals surface area contributed by atoms with E-state index in [2.05, 4.69) is 25.4 Å². The summed E-state index contributed by atoms with van der Waals surface area (Å²) in [6, 6.07) is 0. The Morgan fingerprint density at radius 1 is 1.75 bits per heavy atom. The summed E-state index contributed by atoms with van der Waals surface area (Å²) < 4.78 is 0. The topological polar surface area (TPSA) is 0 Å². The van der Waals surface area contributed by atoms with Crippen LogP contribution in [0.5, 0.6) is 0 Å². The predicted molar refractivity (Wildman–Crippen MR) is 40.5 cm³/mol. The molecule has 0 aromatic carbocycles. The van der Waals surface area contributed by atoms with Crippen molar-refractivity contribution in [2.45, 2.75) is 30.4 Å². The summed E-state index contributed by atoms with van der Waals surface area (Å²) >= 11 is 0.776. The number of rotatable bonds is 4. The van der Waals surface area contributed by atoms with Gasteiger partial charge in [-0.05, 0) is 0 Å². The summed E-state index contributed by atoms with van der Waals surface area (Å²) in [7, 11) is 0. The van der Waals surface area contributed by atoms with E-state index in [0.29, 0.717) is 0 Å². The summed E-state index contributed by atoms with van der Waals surface area (Å²) in [6.07, 6.45) is 4.72. The molecule has 0 aliphatic carbocycles. The molecular formula is C7H14Se. The maximum atomic E-state index is 3.77. The molecule has 0 N–H and O–H groups in total. The first-order valence-corrected chi connectivity index (χ1v) is 5.70. The summed E-state index contributed by atoms with van der Waals surface area (Å²) in [6.45, 7) is 5.99. The first kappa shape index (κ1) is 8.26. The fraction of sp³-hybridized carbons (Fsp3) is 0.714. The van der Waals surface area contributed by atoms with Crippen LogP contribution in [0.4, 0.5) is 0 Å². The molecule has 0 radical (unpaired) electrons. The van der Waals surface area contributed by atoms with Crippen LogP contribution in [0.25, 0.3) is 0 Å². The minimum absolute atomic E-state index is 0.776. The third kappa shape index (κ3) is 3.29. The van der Waals surface area contributed by atoms with Crippen molar-refractivity contribution in [1.29, 1.82) is 0 Å². The number of hydrogen-bond donors (Lipinski definition) is 0. The van der Waals surface area contributed by atoms with E-state index >= 15 is 0 Å². The van der Waals surface area contributed by atoms with Gasteiger partial charge in [-0.2, -0.15) is 0 Å². The van der Waals surface area contributed by atoms with Crippen molar-refractivity contribution in [3.05, 3.63) is 12.7 Å². The molecule has 0 aromatic heterocycles. The van der Waals surface area contributed by atoms with Gasteiger partial charge < -0.3 is 0 Å². The van der Waals surface area contributed by atoms with Crippen molar-refractivity contribution in [3.63, 3.8) is 0 Å². The van der Waals surface area contributed by atoms with Gasteiger partial charge in [-0.3, -0.25) is 0 Å². The zero-order valence-electron chi connectivity index (χ0n) is 5.68. The quantitative estimate of drug-likeness (QED) is 0.457. The Morgan fingerprint density at radius 2 is 2.38 bits per heavy atom.